The number of hydrogen-bond donors (Lipinski definition) is 3. The Balaban J connectivity index is 0.000000905. The molecule has 2 atom stereocenters. The number of halogens is 6. The zero-order chi connectivity index (χ0) is 29.1. The van der Waals surface area contributed by atoms with Crippen molar-refractivity contribution >= 4 is 34.1 Å². The Hall–Kier alpha value is -3.33. The van der Waals surface area contributed by atoms with Gasteiger partial charge in [-0.1, -0.05) is 61.6 Å². The summed E-state index contributed by atoms with van der Waals surface area (Å²) in [6, 6.07) is 9.11. The van der Waals surface area contributed by atoms with E-state index in [1.807, 2.05) is 44.2 Å². The Morgan fingerprint density at radius 3 is 2.13 bits per heavy atom. The van der Waals surface area contributed by atoms with Crippen molar-refractivity contribution in [3.63, 3.8) is 0 Å². The van der Waals surface area contributed by atoms with Gasteiger partial charge in [0, 0.05) is 6.42 Å². The number of nitrogens with one attached hydrogen (secondary N) is 1. The summed E-state index contributed by atoms with van der Waals surface area (Å²) in [5.41, 5.74) is 7.05. The van der Waals surface area contributed by atoms with Crippen LogP contribution in [0.2, 0.25) is 0 Å². The number of aromatic nitrogens is 2. The number of amides is 1. The summed E-state index contributed by atoms with van der Waals surface area (Å²) in [4.78, 5) is 33.5. The quantitative estimate of drug-likeness (QED) is 0.275. The monoisotopic (exact) mass is 568 g/mol. The molecule has 0 saturated carbocycles. The SMILES string of the molecule is CC(C)[C@H](N)C(=O)C[C@H](/C=C/C(=O)Nc1nnc(C(F)(F)F)s1)CCc1ccccc1.O=C(O)C(F)(F)F. The van der Waals surface area contributed by atoms with Crippen LogP contribution in [0.3, 0.4) is 0 Å². The fourth-order valence-electron chi connectivity index (χ4n) is 2.79. The van der Waals surface area contributed by atoms with E-state index in [-0.39, 0.29) is 40.5 Å². The number of carboxylic acids is 1. The van der Waals surface area contributed by atoms with E-state index in [1.165, 1.54) is 6.08 Å². The van der Waals surface area contributed by atoms with Gasteiger partial charge in [-0.25, -0.2) is 4.79 Å². The molecule has 1 aromatic heterocycles. The zero-order valence-electron chi connectivity index (χ0n) is 20.2. The Kier molecular flexibility index (Phi) is 12.5. The fraction of sp³-hybridized carbons (Fsp3) is 0.435. The molecule has 1 amide bonds. The van der Waals surface area contributed by atoms with Crippen molar-refractivity contribution in [2.45, 2.75) is 51.5 Å². The van der Waals surface area contributed by atoms with E-state index >= 15 is 0 Å². The van der Waals surface area contributed by atoms with Gasteiger partial charge in [0.2, 0.25) is 16.0 Å². The van der Waals surface area contributed by atoms with Gasteiger partial charge in [-0.2, -0.15) is 26.3 Å². The first kappa shape index (κ1) is 32.7. The summed E-state index contributed by atoms with van der Waals surface area (Å²) in [6.07, 6.45) is -5.41. The molecule has 0 aliphatic rings. The van der Waals surface area contributed by atoms with Gasteiger partial charge >= 0.3 is 18.3 Å². The highest BCUT2D eigenvalue weighted by molar-refractivity contribution is 7.15. The lowest BCUT2D eigenvalue weighted by molar-refractivity contribution is -0.192. The molecule has 38 heavy (non-hydrogen) atoms. The summed E-state index contributed by atoms with van der Waals surface area (Å²) in [7, 11) is 0. The number of carboxylic acid groups (broad SMARTS) is 1. The van der Waals surface area contributed by atoms with Crippen LogP contribution >= 0.6 is 11.3 Å². The number of ketones is 1. The van der Waals surface area contributed by atoms with Gasteiger partial charge in [-0.05, 0) is 36.3 Å². The van der Waals surface area contributed by atoms with Crippen molar-refractivity contribution in [2.75, 3.05) is 5.32 Å². The average Bonchev–Trinajstić information content (AvgIpc) is 3.29. The van der Waals surface area contributed by atoms with Gasteiger partial charge in [0.1, 0.15) is 5.78 Å². The summed E-state index contributed by atoms with van der Waals surface area (Å²) in [6.45, 7) is 3.73. The van der Waals surface area contributed by atoms with Crippen LogP contribution in [0.15, 0.2) is 42.5 Å². The molecule has 0 aliphatic heterocycles. The number of carbonyl (C=O) groups excluding carboxylic acids is 2. The molecular formula is C23H26F6N4O4S. The second kappa shape index (κ2) is 14.6. The summed E-state index contributed by atoms with van der Waals surface area (Å²) < 4.78 is 69.5. The number of nitrogens with two attached hydrogens (primary N) is 1. The first-order chi connectivity index (χ1) is 17.5. The average molecular weight is 569 g/mol. The predicted octanol–water partition coefficient (Wildman–Crippen LogP) is 4.88. The van der Waals surface area contributed by atoms with Gasteiger partial charge in [0.05, 0.1) is 6.04 Å². The molecule has 2 rings (SSSR count). The van der Waals surface area contributed by atoms with Crippen molar-refractivity contribution in [3.05, 3.63) is 53.1 Å². The molecule has 1 aromatic carbocycles. The number of carbonyl (C=O) groups is 3. The summed E-state index contributed by atoms with van der Waals surface area (Å²) in [5, 5.41) is 14.4. The molecule has 0 bridgehead atoms. The van der Waals surface area contributed by atoms with E-state index in [4.69, 9.17) is 15.6 Å². The van der Waals surface area contributed by atoms with Gasteiger partial charge in [0.15, 0.2) is 0 Å². The smallest absolute Gasteiger partial charge is 0.475 e. The Morgan fingerprint density at radius 1 is 1.08 bits per heavy atom. The van der Waals surface area contributed by atoms with Crippen LogP contribution in [0, 0.1) is 11.8 Å². The number of aryl methyl sites for hydroxylation is 1. The minimum atomic E-state index is -5.08. The lowest BCUT2D eigenvalue weighted by Gasteiger charge is -2.18. The Labute approximate surface area is 217 Å². The van der Waals surface area contributed by atoms with Crippen molar-refractivity contribution in [1.82, 2.24) is 10.2 Å². The number of alkyl halides is 6. The maximum atomic E-state index is 12.6. The molecule has 8 nitrogen and oxygen atoms in total. The topological polar surface area (TPSA) is 135 Å². The zero-order valence-corrected chi connectivity index (χ0v) is 21.0. The van der Waals surface area contributed by atoms with E-state index in [0.29, 0.717) is 12.8 Å². The predicted molar refractivity (Wildman–Crippen MR) is 127 cm³/mol. The third kappa shape index (κ3) is 12.3. The van der Waals surface area contributed by atoms with Crippen LogP contribution in [-0.2, 0) is 27.0 Å². The molecule has 4 N–H and O–H groups in total. The third-order valence-electron chi connectivity index (χ3n) is 4.86. The van der Waals surface area contributed by atoms with E-state index in [0.717, 1.165) is 5.56 Å². The Bertz CT molecular complexity index is 1090. The highest BCUT2D eigenvalue weighted by Crippen LogP contribution is 2.33. The molecule has 0 radical (unpaired) electrons. The molecule has 0 spiro atoms. The number of anilines is 1. The van der Waals surface area contributed by atoms with E-state index in [9.17, 15) is 35.9 Å². The molecule has 2 aromatic rings. The standard InChI is InChI=1S/C21H25F3N4O2S.C2HF3O2/c1-13(2)18(25)16(29)12-15(9-8-14-6-4-3-5-7-14)10-11-17(30)26-20-28-27-19(31-20)21(22,23)24;3-2(4,5)1(6)7/h3-7,10-11,13,15,18H,8-9,12,25H2,1-2H3,(H,26,28,30);(H,6,7)/b11-10+;/t15-,18-;/m0./s1. The fourth-order valence-corrected chi connectivity index (χ4v) is 3.40. The van der Waals surface area contributed by atoms with Crippen LogP contribution in [0.25, 0.3) is 0 Å². The minimum absolute atomic E-state index is 0.00483. The number of benzene rings is 1. The van der Waals surface area contributed by atoms with E-state index in [1.54, 1.807) is 6.08 Å². The van der Waals surface area contributed by atoms with Crippen LogP contribution in [0.4, 0.5) is 31.5 Å². The first-order valence-corrected chi connectivity index (χ1v) is 11.8. The number of rotatable bonds is 10. The third-order valence-corrected chi connectivity index (χ3v) is 5.74. The van der Waals surface area contributed by atoms with Crippen molar-refractivity contribution in [3.8, 4) is 0 Å². The molecule has 0 saturated heterocycles. The number of nitrogens with zero attached hydrogens (tertiary/aromatic N) is 2. The van der Waals surface area contributed by atoms with E-state index in [2.05, 4.69) is 15.5 Å². The highest BCUT2D eigenvalue weighted by atomic mass is 32.1. The molecule has 0 unspecified atom stereocenters. The number of Topliss-reactive ketones (excluding diaryl/α,β-unsaturated/α-hetero) is 1. The van der Waals surface area contributed by atoms with Gasteiger partial charge in [0.25, 0.3) is 0 Å². The van der Waals surface area contributed by atoms with Gasteiger partial charge in [-0.3, -0.25) is 14.9 Å². The van der Waals surface area contributed by atoms with E-state index < -0.39 is 35.3 Å². The number of allylic oxidation sites excluding steroid dienone is 1. The molecule has 0 aliphatic carbocycles. The minimum Gasteiger partial charge on any atom is -0.475 e. The lowest BCUT2D eigenvalue weighted by Crippen LogP contribution is -2.36. The molecule has 15 heteroatoms. The van der Waals surface area contributed by atoms with Crippen LogP contribution in [-0.4, -0.2) is 45.2 Å². The van der Waals surface area contributed by atoms with Crippen LogP contribution < -0.4 is 11.1 Å². The van der Waals surface area contributed by atoms with Crippen LogP contribution in [0.1, 0.15) is 37.3 Å². The largest absolute Gasteiger partial charge is 0.490 e. The highest BCUT2D eigenvalue weighted by Gasteiger charge is 2.38. The second-order valence-corrected chi connectivity index (χ2v) is 9.26. The maximum absolute atomic E-state index is 12.6. The number of hydrogen-bond acceptors (Lipinski definition) is 7. The molecule has 1 heterocycles. The van der Waals surface area contributed by atoms with Crippen molar-refractivity contribution in [2.24, 2.45) is 17.6 Å². The lowest BCUT2D eigenvalue weighted by atomic mass is 9.89. The van der Waals surface area contributed by atoms with Gasteiger partial charge in [-0.15, -0.1) is 10.2 Å². The first-order valence-electron chi connectivity index (χ1n) is 11.0. The number of aliphatic carboxylic acids is 1. The second-order valence-electron chi connectivity index (χ2n) is 8.29. The van der Waals surface area contributed by atoms with Gasteiger partial charge < -0.3 is 10.8 Å². The summed E-state index contributed by atoms with van der Waals surface area (Å²) >= 11 is 0.244. The maximum Gasteiger partial charge on any atom is 0.490 e. The molecular weight excluding hydrogens is 542 g/mol. The summed E-state index contributed by atoms with van der Waals surface area (Å²) in [5.74, 6) is -3.75. The molecule has 210 valence electrons. The Morgan fingerprint density at radius 2 is 1.66 bits per heavy atom. The van der Waals surface area contributed by atoms with Crippen LogP contribution in [0.5, 0.6) is 0 Å². The van der Waals surface area contributed by atoms with Crippen molar-refractivity contribution < 1.29 is 45.8 Å². The normalized spacial score (nSPS) is 13.5. The molecule has 0 fully saturated rings. The van der Waals surface area contributed by atoms with Crippen molar-refractivity contribution in [1.29, 1.82) is 0 Å².